The lowest BCUT2D eigenvalue weighted by Crippen LogP contribution is -2.16. The third kappa shape index (κ3) is 3.70. The second kappa shape index (κ2) is 8.98. The fraction of sp³-hybridized carbons (Fsp3) is 0.133. The highest BCUT2D eigenvalue weighted by Crippen LogP contribution is 2.49. The van der Waals surface area contributed by atoms with Crippen LogP contribution in [0.1, 0.15) is 28.3 Å². The quantitative estimate of drug-likeness (QED) is 0.295. The lowest BCUT2D eigenvalue weighted by Gasteiger charge is -2.26. The number of hydrogen-bond donors (Lipinski definition) is 0. The van der Waals surface area contributed by atoms with Crippen LogP contribution in [0.25, 0.3) is 22.7 Å². The van der Waals surface area contributed by atoms with Crippen molar-refractivity contribution in [2.75, 3.05) is 14.2 Å². The van der Waals surface area contributed by atoms with Gasteiger partial charge in [-0.15, -0.1) is 5.10 Å². The molecule has 7 rings (SSSR count). The van der Waals surface area contributed by atoms with Gasteiger partial charge in [-0.2, -0.15) is 5.10 Å². The van der Waals surface area contributed by atoms with Crippen LogP contribution in [-0.2, 0) is 0 Å². The first-order valence-corrected chi connectivity index (χ1v) is 12.5. The molecule has 1 aliphatic heterocycles. The molecule has 0 spiro atoms. The van der Waals surface area contributed by atoms with E-state index in [9.17, 15) is 0 Å². The number of hydrogen-bond acceptors (Lipinski definition) is 7. The molecule has 39 heavy (non-hydrogen) atoms. The van der Waals surface area contributed by atoms with Gasteiger partial charge in [-0.1, -0.05) is 30.3 Å². The number of rotatable bonds is 5. The number of ether oxygens (including phenoxy) is 3. The van der Waals surface area contributed by atoms with Crippen LogP contribution >= 0.6 is 0 Å². The fourth-order valence-electron chi connectivity index (χ4n) is 5.11. The van der Waals surface area contributed by atoms with E-state index in [4.69, 9.17) is 29.4 Å². The molecule has 3 aromatic heterocycles. The Hall–Kier alpha value is -5.18. The Bertz CT molecular complexity index is 1810. The van der Waals surface area contributed by atoms with Crippen LogP contribution in [0.15, 0.2) is 85.2 Å². The molecule has 0 unspecified atom stereocenters. The molecule has 1 aliphatic rings. The molecular formula is C30H24N6O3. The van der Waals surface area contributed by atoms with E-state index in [0.29, 0.717) is 23.2 Å². The van der Waals surface area contributed by atoms with Crippen molar-refractivity contribution in [3.05, 3.63) is 108 Å². The standard InChI is InChI=1S/C30H24N6O3/c1-18-24-25(19-9-13-22(37-2)14-10-19)26-28-32-27(20-11-15-23(38-3)16-12-20)34-35(28)17-31-29(26)39-30(24)36(33-18)21-7-5-4-6-8-21/h4-17,25H,1-3H3/t25-/m0/s1. The van der Waals surface area contributed by atoms with Gasteiger partial charge in [-0.25, -0.2) is 19.2 Å². The number of methoxy groups -OCH3 is 2. The van der Waals surface area contributed by atoms with Gasteiger partial charge in [0.15, 0.2) is 11.5 Å². The number of para-hydroxylation sites is 1. The summed E-state index contributed by atoms with van der Waals surface area (Å²) in [5, 5.41) is 9.63. The van der Waals surface area contributed by atoms with Gasteiger partial charge in [-0.3, -0.25) is 0 Å². The monoisotopic (exact) mass is 516 g/mol. The van der Waals surface area contributed by atoms with E-state index < -0.39 is 0 Å². The Morgan fingerprint density at radius 2 is 1.49 bits per heavy atom. The zero-order valence-electron chi connectivity index (χ0n) is 21.6. The first-order chi connectivity index (χ1) is 19.1. The van der Waals surface area contributed by atoms with Gasteiger partial charge in [0.25, 0.3) is 0 Å². The molecule has 192 valence electrons. The van der Waals surface area contributed by atoms with Crippen molar-refractivity contribution in [3.63, 3.8) is 0 Å². The highest BCUT2D eigenvalue weighted by molar-refractivity contribution is 5.69. The Morgan fingerprint density at radius 3 is 2.18 bits per heavy atom. The minimum Gasteiger partial charge on any atom is -0.497 e. The average molecular weight is 517 g/mol. The maximum Gasteiger partial charge on any atom is 0.230 e. The summed E-state index contributed by atoms with van der Waals surface area (Å²) in [6.45, 7) is 2.00. The number of aryl methyl sites for hydroxylation is 1. The third-order valence-corrected chi connectivity index (χ3v) is 7.02. The molecule has 9 heteroatoms. The van der Waals surface area contributed by atoms with Crippen molar-refractivity contribution in [1.29, 1.82) is 0 Å². The summed E-state index contributed by atoms with van der Waals surface area (Å²) in [4.78, 5) is 9.65. The summed E-state index contributed by atoms with van der Waals surface area (Å²) in [5.41, 5.74) is 6.14. The molecule has 1 atom stereocenters. The normalized spacial score (nSPS) is 14.0. The highest BCUT2D eigenvalue weighted by Gasteiger charge is 2.38. The van der Waals surface area contributed by atoms with Gasteiger partial charge >= 0.3 is 0 Å². The second-order valence-corrected chi connectivity index (χ2v) is 9.26. The number of nitrogens with zero attached hydrogens (tertiary/aromatic N) is 6. The van der Waals surface area contributed by atoms with Crippen LogP contribution < -0.4 is 14.2 Å². The van der Waals surface area contributed by atoms with E-state index in [-0.39, 0.29) is 5.92 Å². The second-order valence-electron chi connectivity index (χ2n) is 9.26. The maximum atomic E-state index is 6.50. The summed E-state index contributed by atoms with van der Waals surface area (Å²) in [7, 11) is 3.31. The Balaban J connectivity index is 1.45. The summed E-state index contributed by atoms with van der Waals surface area (Å²) in [5.74, 6) is 3.01. The van der Waals surface area contributed by atoms with E-state index in [2.05, 4.69) is 17.1 Å². The SMILES string of the molecule is COc1ccc(-c2nc3c4c(ncn3n2)Oc2c(c(C)nn2-c2ccccc2)[C@@H]4c2ccc(OC)cc2)cc1. The van der Waals surface area contributed by atoms with Gasteiger partial charge in [0.05, 0.1) is 42.6 Å². The van der Waals surface area contributed by atoms with Gasteiger partial charge in [0.2, 0.25) is 11.8 Å². The van der Waals surface area contributed by atoms with Crippen LogP contribution in [0, 0.1) is 6.92 Å². The molecule has 0 saturated carbocycles. The van der Waals surface area contributed by atoms with Crippen LogP contribution in [0.4, 0.5) is 0 Å². The van der Waals surface area contributed by atoms with Crippen molar-refractivity contribution < 1.29 is 14.2 Å². The first kappa shape index (κ1) is 23.0. The lowest BCUT2D eigenvalue weighted by molar-refractivity contribution is 0.402. The third-order valence-electron chi connectivity index (χ3n) is 7.02. The summed E-state index contributed by atoms with van der Waals surface area (Å²) in [6, 6.07) is 25.7. The van der Waals surface area contributed by atoms with Crippen LogP contribution in [-0.4, -0.2) is 43.6 Å². The maximum absolute atomic E-state index is 6.50. The largest absolute Gasteiger partial charge is 0.497 e. The average Bonchev–Trinajstić information content (AvgIpc) is 3.58. The van der Waals surface area contributed by atoms with E-state index in [1.54, 1.807) is 25.1 Å². The number of aromatic nitrogens is 6. The summed E-state index contributed by atoms with van der Waals surface area (Å²) in [6.07, 6.45) is 1.64. The summed E-state index contributed by atoms with van der Waals surface area (Å²) >= 11 is 0. The van der Waals surface area contributed by atoms with Gasteiger partial charge in [-0.05, 0) is 61.0 Å². The minimum atomic E-state index is -0.240. The molecule has 0 aliphatic carbocycles. The van der Waals surface area contributed by atoms with Crippen molar-refractivity contribution in [3.8, 4) is 40.3 Å². The van der Waals surface area contributed by atoms with Crippen molar-refractivity contribution in [2.24, 2.45) is 0 Å². The van der Waals surface area contributed by atoms with Gasteiger partial charge in [0, 0.05) is 5.56 Å². The van der Waals surface area contributed by atoms with E-state index in [1.165, 1.54) is 0 Å². The molecule has 4 heterocycles. The Morgan fingerprint density at radius 1 is 0.795 bits per heavy atom. The van der Waals surface area contributed by atoms with Crippen molar-refractivity contribution in [2.45, 2.75) is 12.8 Å². The van der Waals surface area contributed by atoms with Gasteiger partial charge in [0.1, 0.15) is 17.8 Å². The number of benzene rings is 3. The zero-order valence-corrected chi connectivity index (χ0v) is 21.6. The van der Waals surface area contributed by atoms with Crippen molar-refractivity contribution in [1.82, 2.24) is 29.4 Å². The molecule has 0 amide bonds. The molecule has 0 radical (unpaired) electrons. The van der Waals surface area contributed by atoms with E-state index in [0.717, 1.165) is 45.1 Å². The van der Waals surface area contributed by atoms with Crippen molar-refractivity contribution >= 4 is 5.65 Å². The van der Waals surface area contributed by atoms with E-state index in [1.807, 2.05) is 78.3 Å². The number of fused-ring (bicyclic) bond motifs is 4. The topological polar surface area (TPSA) is 88.6 Å². The molecule has 3 aromatic carbocycles. The molecule has 0 bridgehead atoms. The predicted molar refractivity (Wildman–Crippen MR) is 145 cm³/mol. The zero-order chi connectivity index (χ0) is 26.5. The fourth-order valence-corrected chi connectivity index (χ4v) is 5.11. The Kier molecular flexibility index (Phi) is 5.29. The summed E-state index contributed by atoms with van der Waals surface area (Å²) < 4.78 is 20.8. The molecule has 9 nitrogen and oxygen atoms in total. The first-order valence-electron chi connectivity index (χ1n) is 12.5. The molecule has 0 fully saturated rings. The Labute approximate surface area is 224 Å². The highest BCUT2D eigenvalue weighted by atomic mass is 16.5. The molecular weight excluding hydrogens is 492 g/mol. The smallest absolute Gasteiger partial charge is 0.230 e. The lowest BCUT2D eigenvalue weighted by atomic mass is 9.84. The molecule has 6 aromatic rings. The minimum absolute atomic E-state index is 0.240. The molecule has 0 N–H and O–H groups in total. The van der Waals surface area contributed by atoms with Crippen LogP contribution in [0.5, 0.6) is 23.3 Å². The van der Waals surface area contributed by atoms with Crippen LogP contribution in [0.3, 0.4) is 0 Å². The van der Waals surface area contributed by atoms with E-state index >= 15 is 0 Å². The van der Waals surface area contributed by atoms with Crippen LogP contribution in [0.2, 0.25) is 0 Å². The van der Waals surface area contributed by atoms with Gasteiger partial charge < -0.3 is 14.2 Å². The molecule has 0 saturated heterocycles. The predicted octanol–water partition coefficient (Wildman–Crippen LogP) is 5.59.